The largest absolute Gasteiger partial charge is 0.506 e. The number of hydrogen-bond acceptors (Lipinski definition) is 3. The minimum atomic E-state index is -3.05. The van der Waals surface area contributed by atoms with Crippen molar-refractivity contribution >= 4 is 45.0 Å². The normalized spacial score (nSPS) is 13.8. The molecule has 1 aromatic carbocycles. The molecule has 3 nitrogen and oxygen atoms in total. The molecule has 0 aromatic heterocycles. The monoisotopic (exact) mass is 426 g/mol. The number of aryl methyl sites for hydroxylation is 2. The molecular formula is C19H38O3Si4. The van der Waals surface area contributed by atoms with E-state index in [0.29, 0.717) is 0 Å². The summed E-state index contributed by atoms with van der Waals surface area (Å²) in [5.74, 6) is 0. The van der Waals surface area contributed by atoms with E-state index in [0.717, 1.165) is 10.8 Å². The van der Waals surface area contributed by atoms with Gasteiger partial charge in [0.05, 0.1) is 0 Å². The van der Waals surface area contributed by atoms with E-state index in [4.69, 9.17) is 12.3 Å². The summed E-state index contributed by atoms with van der Waals surface area (Å²) in [6.45, 7) is 28.2. The minimum absolute atomic E-state index is 1.13. The Morgan fingerprint density at radius 3 is 1.23 bits per heavy atom. The van der Waals surface area contributed by atoms with Crippen LogP contribution in [0.15, 0.2) is 18.7 Å². The van der Waals surface area contributed by atoms with Crippen molar-refractivity contribution in [3.63, 3.8) is 0 Å². The summed E-state index contributed by atoms with van der Waals surface area (Å²) in [6, 6.07) is 4.34. The lowest BCUT2D eigenvalue weighted by atomic mass is 10.1. The van der Waals surface area contributed by atoms with Crippen LogP contribution in [0.25, 0.3) is 6.08 Å². The van der Waals surface area contributed by atoms with Gasteiger partial charge in [0.15, 0.2) is 25.0 Å². The smallest absolute Gasteiger partial charge is 0.414 e. The first-order valence-electron chi connectivity index (χ1n) is 9.33. The zero-order chi connectivity index (χ0) is 20.6. The average Bonchev–Trinajstić information content (AvgIpc) is 2.30. The molecule has 0 saturated carbocycles. The Kier molecular flexibility index (Phi) is 7.29. The predicted molar refractivity (Wildman–Crippen MR) is 125 cm³/mol. The molecule has 0 N–H and O–H groups in total. The highest BCUT2D eigenvalue weighted by Gasteiger charge is 2.53. The summed E-state index contributed by atoms with van der Waals surface area (Å²) in [5, 5.41) is 1.16. The van der Waals surface area contributed by atoms with E-state index in [1.165, 1.54) is 11.1 Å². The summed E-state index contributed by atoms with van der Waals surface area (Å²) < 4.78 is 20.6. The van der Waals surface area contributed by atoms with Crippen LogP contribution in [0.2, 0.25) is 58.9 Å². The van der Waals surface area contributed by atoms with E-state index >= 15 is 0 Å². The van der Waals surface area contributed by atoms with Crippen LogP contribution in [0.3, 0.4) is 0 Å². The molecule has 0 heterocycles. The molecular weight excluding hydrogens is 389 g/mol. The molecule has 0 amide bonds. The van der Waals surface area contributed by atoms with Gasteiger partial charge in [-0.3, -0.25) is 0 Å². The minimum Gasteiger partial charge on any atom is -0.414 e. The lowest BCUT2D eigenvalue weighted by molar-refractivity contribution is 0.272. The fourth-order valence-corrected chi connectivity index (χ4v) is 16.7. The topological polar surface area (TPSA) is 27.7 Å². The second-order valence-electron chi connectivity index (χ2n) is 9.93. The van der Waals surface area contributed by atoms with Gasteiger partial charge in [0.2, 0.25) is 0 Å². The lowest BCUT2D eigenvalue weighted by Crippen LogP contribution is -2.68. The van der Waals surface area contributed by atoms with Gasteiger partial charge in [-0.15, -0.1) is 0 Å². The van der Waals surface area contributed by atoms with Crippen molar-refractivity contribution in [1.29, 1.82) is 0 Å². The second-order valence-corrected chi connectivity index (χ2v) is 26.7. The molecule has 0 aliphatic carbocycles. The molecule has 0 aliphatic heterocycles. The molecule has 0 atom stereocenters. The third-order valence-corrected chi connectivity index (χ3v) is 15.4. The quantitative estimate of drug-likeness (QED) is 0.503. The van der Waals surface area contributed by atoms with Gasteiger partial charge in [-0.25, -0.2) is 0 Å². The predicted octanol–water partition coefficient (Wildman–Crippen LogP) is 5.65. The lowest BCUT2D eigenvalue weighted by Gasteiger charge is -2.44. The Labute approximate surface area is 165 Å². The maximum absolute atomic E-state index is 6.88. The van der Waals surface area contributed by atoms with E-state index in [2.05, 4.69) is 91.5 Å². The van der Waals surface area contributed by atoms with Crippen LogP contribution in [0.1, 0.15) is 16.7 Å². The molecule has 0 bridgehead atoms. The van der Waals surface area contributed by atoms with Crippen LogP contribution in [-0.4, -0.2) is 33.8 Å². The molecule has 7 heteroatoms. The molecule has 0 fully saturated rings. The molecule has 1 rings (SSSR count). The van der Waals surface area contributed by atoms with Gasteiger partial charge < -0.3 is 12.3 Å². The Hall–Kier alpha value is -0.292. The molecule has 148 valence electrons. The van der Waals surface area contributed by atoms with Gasteiger partial charge in [-0.1, -0.05) is 24.8 Å². The van der Waals surface area contributed by atoms with E-state index in [9.17, 15) is 0 Å². The van der Waals surface area contributed by atoms with Gasteiger partial charge in [0.1, 0.15) is 0 Å². The van der Waals surface area contributed by atoms with Crippen molar-refractivity contribution in [3.05, 3.63) is 35.4 Å². The Bertz CT molecular complexity index is 588. The summed E-state index contributed by atoms with van der Waals surface area (Å²) in [5.41, 5.74) is 3.49. The van der Waals surface area contributed by atoms with Gasteiger partial charge in [0, 0.05) is 5.19 Å². The van der Waals surface area contributed by atoms with E-state index in [-0.39, 0.29) is 0 Å². The van der Waals surface area contributed by atoms with Crippen LogP contribution >= 0.6 is 0 Å². The van der Waals surface area contributed by atoms with Crippen LogP contribution in [0, 0.1) is 13.8 Å². The average molecular weight is 427 g/mol. The maximum Gasteiger partial charge on any atom is 0.506 e. The first kappa shape index (κ1) is 23.7. The summed E-state index contributed by atoms with van der Waals surface area (Å²) in [6.07, 6.45) is 1.89. The van der Waals surface area contributed by atoms with Crippen molar-refractivity contribution in [2.24, 2.45) is 0 Å². The molecule has 0 aliphatic rings. The highest BCUT2D eigenvalue weighted by atomic mass is 28.5. The molecule has 26 heavy (non-hydrogen) atoms. The first-order valence-corrected chi connectivity index (χ1v) is 21.3. The van der Waals surface area contributed by atoms with Crippen LogP contribution in [0.4, 0.5) is 0 Å². The zero-order valence-corrected chi connectivity index (χ0v) is 22.7. The SMILES string of the molecule is C=Cc1cc(C)c([Si](O[Si](C)(C)C)(O[Si](C)(C)C)O[Si](C)(C)C)c(C)c1. The second kappa shape index (κ2) is 7.98. The first-order chi connectivity index (χ1) is 11.5. The van der Waals surface area contributed by atoms with Crippen molar-refractivity contribution in [1.82, 2.24) is 0 Å². The van der Waals surface area contributed by atoms with E-state index in [1.54, 1.807) is 0 Å². The van der Waals surface area contributed by atoms with Crippen LogP contribution < -0.4 is 5.19 Å². The zero-order valence-electron chi connectivity index (χ0n) is 18.7. The van der Waals surface area contributed by atoms with Crippen molar-refractivity contribution in [2.45, 2.75) is 72.8 Å². The van der Waals surface area contributed by atoms with E-state index < -0.39 is 33.8 Å². The molecule has 0 saturated heterocycles. The summed E-state index contributed by atoms with van der Waals surface area (Å²) in [7, 11) is -8.77. The number of rotatable bonds is 8. The molecule has 1 aromatic rings. The van der Waals surface area contributed by atoms with Gasteiger partial charge in [-0.2, -0.15) is 0 Å². The highest BCUT2D eigenvalue weighted by molar-refractivity contribution is 6.96. The number of benzene rings is 1. The Balaban J connectivity index is 3.78. The van der Waals surface area contributed by atoms with E-state index in [1.807, 2.05) is 6.08 Å². The third kappa shape index (κ3) is 7.03. The van der Waals surface area contributed by atoms with Crippen LogP contribution in [-0.2, 0) is 12.3 Å². The van der Waals surface area contributed by atoms with Crippen molar-refractivity contribution < 1.29 is 12.3 Å². The highest BCUT2D eigenvalue weighted by Crippen LogP contribution is 2.28. The standard InChI is InChI=1S/C19H38O3Si4/c1-13-18-14-16(2)19(17(3)15-18)26(20-23(4,5)6,21-24(7,8)9)22-25(10,11)12/h13-15H,1H2,2-12H3. The molecule has 0 radical (unpaired) electrons. The summed E-state index contributed by atoms with van der Waals surface area (Å²) >= 11 is 0. The van der Waals surface area contributed by atoms with Crippen molar-refractivity contribution in [2.75, 3.05) is 0 Å². The van der Waals surface area contributed by atoms with Gasteiger partial charge in [-0.05, 0) is 89.5 Å². The molecule has 0 spiro atoms. The van der Waals surface area contributed by atoms with Gasteiger partial charge >= 0.3 is 8.80 Å². The summed E-state index contributed by atoms with van der Waals surface area (Å²) in [4.78, 5) is 0. The maximum atomic E-state index is 6.88. The molecule has 0 unspecified atom stereocenters. The van der Waals surface area contributed by atoms with Crippen LogP contribution in [0.5, 0.6) is 0 Å². The van der Waals surface area contributed by atoms with Gasteiger partial charge in [0.25, 0.3) is 0 Å². The van der Waals surface area contributed by atoms with Crippen molar-refractivity contribution in [3.8, 4) is 0 Å². The third-order valence-electron chi connectivity index (χ3n) is 3.42. The fourth-order valence-electron chi connectivity index (χ4n) is 3.02. The fraction of sp³-hybridized carbons (Fsp3) is 0.579. The Morgan fingerprint density at radius 2 is 1.00 bits per heavy atom. The number of hydrogen-bond donors (Lipinski definition) is 0. The Morgan fingerprint density at radius 1 is 0.692 bits per heavy atom.